The molecule has 174 valence electrons. The molecule has 0 spiro atoms. The van der Waals surface area contributed by atoms with Gasteiger partial charge in [0.1, 0.15) is 28.4 Å². The summed E-state index contributed by atoms with van der Waals surface area (Å²) in [4.78, 5) is 8.26. The zero-order chi connectivity index (χ0) is 24.0. The van der Waals surface area contributed by atoms with E-state index in [9.17, 15) is 26.9 Å². The molecule has 3 heterocycles. The number of ether oxygens (including phenoxy) is 1. The Labute approximate surface area is 188 Å². The van der Waals surface area contributed by atoms with Crippen molar-refractivity contribution in [2.45, 2.75) is 49.3 Å². The first-order chi connectivity index (χ1) is 15.6. The first-order valence-electron chi connectivity index (χ1n) is 10.1. The summed E-state index contributed by atoms with van der Waals surface area (Å²) in [5, 5.41) is 10.5. The number of aromatic nitrogens is 3. The van der Waals surface area contributed by atoms with Crippen molar-refractivity contribution in [2.75, 3.05) is 7.11 Å². The van der Waals surface area contributed by atoms with E-state index >= 15 is 0 Å². The molecule has 0 radical (unpaired) electrons. The summed E-state index contributed by atoms with van der Waals surface area (Å²) in [6.07, 6.45) is 0.620. The van der Waals surface area contributed by atoms with Crippen LogP contribution >= 0.6 is 0 Å². The molecule has 33 heavy (non-hydrogen) atoms. The molecule has 1 aliphatic carbocycles. The highest BCUT2D eigenvalue weighted by Gasteiger charge is 2.39. The number of halogens is 3. The molecule has 1 fully saturated rings. The van der Waals surface area contributed by atoms with Crippen LogP contribution in [0.25, 0.3) is 22.4 Å². The summed E-state index contributed by atoms with van der Waals surface area (Å²) in [5.74, 6) is 0.482. The molecule has 12 heteroatoms. The molecule has 1 N–H and O–H groups in total. The minimum atomic E-state index is -4.72. The maximum atomic E-state index is 12.8. The number of hydrogen-bond acceptors (Lipinski definition) is 6. The van der Waals surface area contributed by atoms with Gasteiger partial charge in [-0.3, -0.25) is 4.98 Å². The highest BCUT2D eigenvalue weighted by Crippen LogP contribution is 2.42. The van der Waals surface area contributed by atoms with Crippen molar-refractivity contribution in [2.24, 2.45) is 0 Å². The fourth-order valence-electron chi connectivity index (χ4n) is 3.69. The van der Waals surface area contributed by atoms with Crippen molar-refractivity contribution in [3.05, 3.63) is 36.2 Å². The zero-order valence-corrected chi connectivity index (χ0v) is 18.5. The molecule has 1 saturated carbocycles. The SMILES string of the molecule is COc1cnc2c(c1)c(C#N)c(-c1ccc(S(=O)(=O)N[C@@H](C)C(F)(F)F)cn1)n2C1CCC1. The molecule has 1 aliphatic rings. The first kappa shape index (κ1) is 23.0. The molecule has 0 aromatic carbocycles. The number of pyridine rings is 2. The Hall–Kier alpha value is -3.17. The largest absolute Gasteiger partial charge is 0.495 e. The molecule has 3 aromatic heterocycles. The normalized spacial score (nSPS) is 15.8. The molecular formula is C21H20F3N5O3S. The third kappa shape index (κ3) is 4.14. The molecule has 0 amide bonds. The number of alkyl halides is 3. The van der Waals surface area contributed by atoms with Crippen LogP contribution in [-0.4, -0.2) is 42.3 Å². The summed E-state index contributed by atoms with van der Waals surface area (Å²) in [6, 6.07) is 4.30. The van der Waals surface area contributed by atoms with Gasteiger partial charge >= 0.3 is 6.18 Å². The van der Waals surface area contributed by atoms with Crippen LogP contribution in [0.3, 0.4) is 0 Å². The van der Waals surface area contributed by atoms with Crippen molar-refractivity contribution in [1.29, 1.82) is 5.26 Å². The Kier molecular flexibility index (Phi) is 5.79. The predicted molar refractivity (Wildman–Crippen MR) is 113 cm³/mol. The van der Waals surface area contributed by atoms with Crippen molar-refractivity contribution in [3.63, 3.8) is 0 Å². The molecule has 0 saturated heterocycles. The van der Waals surface area contributed by atoms with Crippen molar-refractivity contribution < 1.29 is 26.3 Å². The average Bonchev–Trinajstić information content (AvgIpc) is 3.04. The number of sulfonamides is 1. The summed E-state index contributed by atoms with van der Waals surface area (Å²) in [7, 11) is -2.95. The van der Waals surface area contributed by atoms with Gasteiger partial charge in [0.2, 0.25) is 10.0 Å². The molecule has 4 rings (SSSR count). The van der Waals surface area contributed by atoms with Gasteiger partial charge in [0, 0.05) is 17.6 Å². The van der Waals surface area contributed by atoms with Crippen LogP contribution in [0, 0.1) is 11.3 Å². The van der Waals surface area contributed by atoms with Crippen LogP contribution in [0.1, 0.15) is 37.8 Å². The van der Waals surface area contributed by atoms with Gasteiger partial charge < -0.3 is 9.30 Å². The molecule has 0 bridgehead atoms. The van der Waals surface area contributed by atoms with Crippen LogP contribution in [0.15, 0.2) is 35.5 Å². The van der Waals surface area contributed by atoms with Gasteiger partial charge in [-0.25, -0.2) is 13.4 Å². The second-order valence-corrected chi connectivity index (χ2v) is 9.51. The third-order valence-corrected chi connectivity index (χ3v) is 7.24. The lowest BCUT2D eigenvalue weighted by atomic mass is 9.92. The van der Waals surface area contributed by atoms with Crippen LogP contribution in [0.5, 0.6) is 5.75 Å². The number of nitrogens with zero attached hydrogens (tertiary/aromatic N) is 4. The maximum Gasteiger partial charge on any atom is 0.404 e. The molecule has 3 aromatic rings. The van der Waals surface area contributed by atoms with E-state index in [2.05, 4.69) is 16.0 Å². The first-order valence-corrected chi connectivity index (χ1v) is 11.6. The van der Waals surface area contributed by atoms with E-state index in [0.717, 1.165) is 32.4 Å². The van der Waals surface area contributed by atoms with Crippen LogP contribution in [-0.2, 0) is 10.0 Å². The molecule has 0 aliphatic heterocycles. The van der Waals surface area contributed by atoms with E-state index < -0.39 is 27.1 Å². The van der Waals surface area contributed by atoms with E-state index in [1.165, 1.54) is 19.2 Å². The monoisotopic (exact) mass is 479 g/mol. The molecule has 0 unspecified atom stereocenters. The number of hydrogen-bond donors (Lipinski definition) is 1. The number of nitrogens with one attached hydrogen (secondary N) is 1. The van der Waals surface area contributed by atoms with E-state index in [1.54, 1.807) is 17.0 Å². The van der Waals surface area contributed by atoms with Crippen molar-refractivity contribution >= 4 is 21.1 Å². The highest BCUT2D eigenvalue weighted by atomic mass is 32.2. The van der Waals surface area contributed by atoms with E-state index in [4.69, 9.17) is 4.74 Å². The third-order valence-electron chi connectivity index (χ3n) is 5.72. The fraction of sp³-hybridized carbons (Fsp3) is 0.381. The summed E-state index contributed by atoms with van der Waals surface area (Å²) >= 11 is 0. The Morgan fingerprint density at radius 2 is 2.00 bits per heavy atom. The number of methoxy groups -OCH3 is 1. The maximum absolute atomic E-state index is 12.8. The summed E-state index contributed by atoms with van der Waals surface area (Å²) in [6.45, 7) is 0.719. The lowest BCUT2D eigenvalue weighted by Gasteiger charge is -2.29. The van der Waals surface area contributed by atoms with Gasteiger partial charge in [-0.1, -0.05) is 0 Å². The van der Waals surface area contributed by atoms with Crippen molar-refractivity contribution in [1.82, 2.24) is 19.3 Å². The lowest BCUT2D eigenvalue weighted by molar-refractivity contribution is -0.147. The lowest BCUT2D eigenvalue weighted by Crippen LogP contribution is -2.42. The van der Waals surface area contributed by atoms with Gasteiger partial charge in [-0.05, 0) is 44.4 Å². The zero-order valence-electron chi connectivity index (χ0n) is 17.7. The Bertz CT molecular complexity index is 1340. The van der Waals surface area contributed by atoms with Crippen molar-refractivity contribution in [3.8, 4) is 23.2 Å². The predicted octanol–water partition coefficient (Wildman–Crippen LogP) is 3.93. The van der Waals surface area contributed by atoms with Crippen LogP contribution in [0.2, 0.25) is 0 Å². The van der Waals surface area contributed by atoms with E-state index in [-0.39, 0.29) is 6.04 Å². The smallest absolute Gasteiger partial charge is 0.404 e. The second-order valence-electron chi connectivity index (χ2n) is 7.80. The number of rotatable bonds is 6. The summed E-state index contributed by atoms with van der Waals surface area (Å²) in [5.41, 5.74) is 1.71. The minimum Gasteiger partial charge on any atom is -0.495 e. The fourth-order valence-corrected chi connectivity index (χ4v) is 4.87. The van der Waals surface area contributed by atoms with Gasteiger partial charge in [-0.15, -0.1) is 0 Å². The Morgan fingerprint density at radius 1 is 1.27 bits per heavy atom. The molecule has 8 nitrogen and oxygen atoms in total. The Balaban J connectivity index is 1.80. The molecular weight excluding hydrogens is 459 g/mol. The minimum absolute atomic E-state index is 0.102. The number of fused-ring (bicyclic) bond motifs is 1. The van der Waals surface area contributed by atoms with E-state index in [0.29, 0.717) is 33.7 Å². The van der Waals surface area contributed by atoms with Crippen LogP contribution in [0.4, 0.5) is 13.2 Å². The van der Waals surface area contributed by atoms with Gasteiger partial charge in [0.15, 0.2) is 0 Å². The van der Waals surface area contributed by atoms with Gasteiger partial charge in [0.25, 0.3) is 0 Å². The van der Waals surface area contributed by atoms with Crippen LogP contribution < -0.4 is 9.46 Å². The molecule has 1 atom stereocenters. The average molecular weight is 479 g/mol. The highest BCUT2D eigenvalue weighted by molar-refractivity contribution is 7.89. The van der Waals surface area contributed by atoms with Gasteiger partial charge in [-0.2, -0.15) is 23.2 Å². The second kappa shape index (κ2) is 8.31. The Morgan fingerprint density at radius 3 is 2.52 bits per heavy atom. The number of nitriles is 1. The van der Waals surface area contributed by atoms with Gasteiger partial charge in [0.05, 0.1) is 30.3 Å². The quantitative estimate of drug-likeness (QED) is 0.574. The topological polar surface area (TPSA) is 110 Å². The van der Waals surface area contributed by atoms with E-state index in [1.807, 2.05) is 4.57 Å². The standard InChI is InChI=1S/C21H20F3N5O3S/c1-12(21(22,23)24)28-33(30,31)15-6-7-18(26-11-15)19-17(9-25)16-8-14(32-2)10-27-20(16)29(19)13-4-3-5-13/h6-8,10-13,28H,3-5H2,1-2H3/t12-/m0/s1. The summed E-state index contributed by atoms with van der Waals surface area (Å²) < 4.78 is 71.9.